The molecule has 6 heteroatoms. The average Bonchev–Trinajstić information content (AvgIpc) is 3.00. The maximum atomic E-state index is 12.8. The van der Waals surface area contributed by atoms with E-state index in [0.29, 0.717) is 6.54 Å². The lowest BCUT2D eigenvalue weighted by molar-refractivity contribution is -0.135. The van der Waals surface area contributed by atoms with E-state index in [0.717, 1.165) is 30.0 Å². The Morgan fingerprint density at radius 1 is 1.36 bits per heavy atom. The number of rotatable bonds is 5. The number of nitrogens with one attached hydrogen (secondary N) is 1. The minimum Gasteiger partial charge on any atom is -0.491 e. The van der Waals surface area contributed by atoms with Gasteiger partial charge in [0, 0.05) is 25.8 Å². The van der Waals surface area contributed by atoms with Gasteiger partial charge in [-0.25, -0.2) is 0 Å². The molecule has 2 heterocycles. The van der Waals surface area contributed by atoms with Crippen LogP contribution in [0.25, 0.3) is 0 Å². The van der Waals surface area contributed by atoms with E-state index in [1.54, 1.807) is 10.9 Å². The second-order valence-corrected chi connectivity index (χ2v) is 6.76. The molecule has 1 aromatic carbocycles. The highest BCUT2D eigenvalue weighted by Crippen LogP contribution is 2.25. The lowest BCUT2D eigenvalue weighted by Gasteiger charge is -2.36. The molecule has 0 spiro atoms. The van der Waals surface area contributed by atoms with Gasteiger partial charge in [-0.3, -0.25) is 9.48 Å². The molecule has 3 rings (SSSR count). The third-order valence-electron chi connectivity index (χ3n) is 4.26. The molecule has 0 aliphatic carbocycles. The molecule has 25 heavy (non-hydrogen) atoms. The van der Waals surface area contributed by atoms with Gasteiger partial charge < -0.3 is 15.0 Å². The maximum Gasteiger partial charge on any atom is 0.244 e. The van der Waals surface area contributed by atoms with Crippen LogP contribution in [-0.2, 0) is 11.3 Å². The lowest BCUT2D eigenvalue weighted by Crippen LogP contribution is -2.49. The Balaban J connectivity index is 1.72. The summed E-state index contributed by atoms with van der Waals surface area (Å²) in [6.07, 6.45) is 3.82. The Morgan fingerprint density at radius 3 is 2.76 bits per heavy atom. The zero-order chi connectivity index (χ0) is 17.8. The Bertz CT molecular complexity index is 708. The van der Waals surface area contributed by atoms with Gasteiger partial charge in [-0.15, -0.1) is 0 Å². The van der Waals surface area contributed by atoms with Crippen molar-refractivity contribution in [1.82, 2.24) is 20.0 Å². The second kappa shape index (κ2) is 7.70. The van der Waals surface area contributed by atoms with Crippen molar-refractivity contribution in [2.24, 2.45) is 0 Å². The standard InChI is InChI=1S/C19H26N4O2/c1-14(2)25-17-6-4-16(5-7-17)18-11-20-8-9-23(18)19(24)13-22-12-15(3)10-21-22/h4-7,10,12,14,18,20H,8-9,11,13H2,1-3H3/t18-/m1/s1. The predicted molar refractivity (Wildman–Crippen MR) is 96.5 cm³/mol. The van der Waals surface area contributed by atoms with Crippen LogP contribution < -0.4 is 10.1 Å². The molecular formula is C19H26N4O2. The summed E-state index contributed by atoms with van der Waals surface area (Å²) in [5, 5.41) is 7.61. The van der Waals surface area contributed by atoms with Crippen LogP contribution in [0.3, 0.4) is 0 Å². The molecule has 1 aliphatic rings. The number of hydrogen-bond acceptors (Lipinski definition) is 4. The number of aryl methyl sites for hydroxylation is 1. The van der Waals surface area contributed by atoms with E-state index in [4.69, 9.17) is 4.74 Å². The summed E-state index contributed by atoms with van der Waals surface area (Å²) in [4.78, 5) is 14.7. The Kier molecular flexibility index (Phi) is 5.38. The van der Waals surface area contributed by atoms with Crippen LogP contribution in [0.4, 0.5) is 0 Å². The first kappa shape index (κ1) is 17.5. The Hall–Kier alpha value is -2.34. The molecule has 1 aromatic heterocycles. The third kappa shape index (κ3) is 4.39. The normalized spacial score (nSPS) is 17.8. The van der Waals surface area contributed by atoms with Crippen molar-refractivity contribution in [3.05, 3.63) is 47.8 Å². The van der Waals surface area contributed by atoms with Gasteiger partial charge in [0.2, 0.25) is 5.91 Å². The van der Waals surface area contributed by atoms with E-state index < -0.39 is 0 Å². The molecular weight excluding hydrogens is 316 g/mol. The van der Waals surface area contributed by atoms with Gasteiger partial charge in [-0.1, -0.05) is 12.1 Å². The number of amides is 1. The summed E-state index contributed by atoms with van der Waals surface area (Å²) in [5.41, 5.74) is 2.18. The zero-order valence-corrected chi connectivity index (χ0v) is 15.1. The second-order valence-electron chi connectivity index (χ2n) is 6.76. The van der Waals surface area contributed by atoms with Crippen LogP contribution in [0.15, 0.2) is 36.7 Å². The molecule has 0 bridgehead atoms. The Morgan fingerprint density at radius 2 is 2.12 bits per heavy atom. The average molecular weight is 342 g/mol. The van der Waals surface area contributed by atoms with Gasteiger partial charge in [0.1, 0.15) is 12.3 Å². The minimum absolute atomic E-state index is 0.0333. The highest BCUT2D eigenvalue weighted by molar-refractivity contribution is 5.76. The third-order valence-corrected chi connectivity index (χ3v) is 4.26. The predicted octanol–water partition coefficient (Wildman–Crippen LogP) is 2.15. The quantitative estimate of drug-likeness (QED) is 0.904. The van der Waals surface area contributed by atoms with Crippen LogP contribution in [0.2, 0.25) is 0 Å². The van der Waals surface area contributed by atoms with Crippen LogP contribution in [0, 0.1) is 6.92 Å². The molecule has 1 N–H and O–H groups in total. The molecule has 0 saturated carbocycles. The van der Waals surface area contributed by atoms with Crippen molar-refractivity contribution < 1.29 is 9.53 Å². The van der Waals surface area contributed by atoms with Crippen molar-refractivity contribution >= 4 is 5.91 Å². The molecule has 1 fully saturated rings. The number of carbonyl (C=O) groups excluding carboxylic acids is 1. The van der Waals surface area contributed by atoms with Gasteiger partial charge in [0.05, 0.1) is 18.3 Å². The summed E-state index contributed by atoms with van der Waals surface area (Å²) in [5.74, 6) is 0.949. The highest BCUT2D eigenvalue weighted by atomic mass is 16.5. The summed E-state index contributed by atoms with van der Waals surface area (Å²) in [6, 6.07) is 8.08. The van der Waals surface area contributed by atoms with Gasteiger partial charge in [-0.05, 0) is 44.0 Å². The van der Waals surface area contributed by atoms with E-state index in [1.165, 1.54) is 0 Å². The van der Waals surface area contributed by atoms with Crippen LogP contribution in [-0.4, -0.2) is 46.3 Å². The Labute approximate surface area is 148 Å². The summed E-state index contributed by atoms with van der Waals surface area (Å²) >= 11 is 0. The lowest BCUT2D eigenvalue weighted by atomic mass is 10.0. The van der Waals surface area contributed by atoms with Crippen LogP contribution in [0.5, 0.6) is 5.75 Å². The molecule has 134 valence electrons. The molecule has 2 aromatic rings. The molecule has 0 radical (unpaired) electrons. The number of hydrogen-bond donors (Lipinski definition) is 1. The highest BCUT2D eigenvalue weighted by Gasteiger charge is 2.28. The number of ether oxygens (including phenoxy) is 1. The fourth-order valence-electron chi connectivity index (χ4n) is 3.12. The van der Waals surface area contributed by atoms with Crippen molar-refractivity contribution in [3.63, 3.8) is 0 Å². The van der Waals surface area contributed by atoms with Gasteiger partial charge in [-0.2, -0.15) is 5.10 Å². The number of aromatic nitrogens is 2. The largest absolute Gasteiger partial charge is 0.491 e. The van der Waals surface area contributed by atoms with Crippen LogP contribution in [0.1, 0.15) is 31.0 Å². The molecule has 1 saturated heterocycles. The van der Waals surface area contributed by atoms with Crippen molar-refractivity contribution in [1.29, 1.82) is 0 Å². The van der Waals surface area contributed by atoms with E-state index in [-0.39, 0.29) is 24.6 Å². The number of benzene rings is 1. The summed E-state index contributed by atoms with van der Waals surface area (Å²) < 4.78 is 7.41. The smallest absolute Gasteiger partial charge is 0.244 e. The SMILES string of the molecule is Cc1cnn(CC(=O)N2CCNC[C@@H]2c2ccc(OC(C)C)cc2)c1. The first-order valence-electron chi connectivity index (χ1n) is 8.79. The number of piperazine rings is 1. The summed E-state index contributed by atoms with van der Waals surface area (Å²) in [7, 11) is 0. The maximum absolute atomic E-state index is 12.8. The monoisotopic (exact) mass is 342 g/mol. The minimum atomic E-state index is 0.0333. The van der Waals surface area contributed by atoms with E-state index in [1.807, 2.05) is 56.1 Å². The van der Waals surface area contributed by atoms with Gasteiger partial charge in [0.25, 0.3) is 0 Å². The van der Waals surface area contributed by atoms with Crippen molar-refractivity contribution in [2.45, 2.75) is 39.5 Å². The topological polar surface area (TPSA) is 59.4 Å². The summed E-state index contributed by atoms with van der Waals surface area (Å²) in [6.45, 7) is 8.55. The van der Waals surface area contributed by atoms with Gasteiger partial charge >= 0.3 is 0 Å². The first-order valence-corrected chi connectivity index (χ1v) is 8.79. The molecule has 0 unspecified atom stereocenters. The molecule has 1 aliphatic heterocycles. The van der Waals surface area contributed by atoms with Crippen LogP contribution >= 0.6 is 0 Å². The first-order chi connectivity index (χ1) is 12.0. The number of nitrogens with zero attached hydrogens (tertiary/aromatic N) is 3. The van der Waals surface area contributed by atoms with Crippen molar-refractivity contribution in [3.8, 4) is 5.75 Å². The molecule has 1 amide bonds. The van der Waals surface area contributed by atoms with Crippen molar-refractivity contribution in [2.75, 3.05) is 19.6 Å². The number of carbonyl (C=O) groups is 1. The molecule has 1 atom stereocenters. The fraction of sp³-hybridized carbons (Fsp3) is 0.474. The zero-order valence-electron chi connectivity index (χ0n) is 15.1. The van der Waals surface area contributed by atoms with Gasteiger partial charge in [0.15, 0.2) is 0 Å². The van der Waals surface area contributed by atoms with E-state index in [2.05, 4.69) is 10.4 Å². The fourth-order valence-corrected chi connectivity index (χ4v) is 3.12. The molecule has 6 nitrogen and oxygen atoms in total. The van der Waals surface area contributed by atoms with E-state index >= 15 is 0 Å². The van der Waals surface area contributed by atoms with E-state index in [9.17, 15) is 4.79 Å².